The molecule has 0 saturated carbocycles. The third-order valence-electron chi connectivity index (χ3n) is 2.59. The third kappa shape index (κ3) is 3.23. The standard InChI is InChI=1S/C13H17N3S2/c1-8-7-18-12(14-8)6-10-15-9(13(2,3)4)5-11(17)16-10/h5,7H,6H2,1-4H3,(H,15,16,17). The van der Waals surface area contributed by atoms with Gasteiger partial charge in [0, 0.05) is 22.2 Å². The zero-order chi connectivity index (χ0) is 13.3. The molecule has 2 heterocycles. The lowest BCUT2D eigenvalue weighted by Crippen LogP contribution is -2.15. The summed E-state index contributed by atoms with van der Waals surface area (Å²) in [6, 6.07) is 1.94. The molecule has 0 bridgehead atoms. The van der Waals surface area contributed by atoms with Crippen molar-refractivity contribution in [2.75, 3.05) is 0 Å². The first-order valence-corrected chi connectivity index (χ1v) is 7.15. The molecule has 0 aliphatic rings. The molecule has 0 radical (unpaired) electrons. The second-order valence-corrected chi connectivity index (χ2v) is 6.75. The SMILES string of the molecule is Cc1csc(Cc2nc(=S)cc(C(C)(C)C)[nH]2)n1. The van der Waals surface area contributed by atoms with E-state index in [1.165, 1.54) is 0 Å². The van der Waals surface area contributed by atoms with Crippen molar-refractivity contribution in [2.24, 2.45) is 0 Å². The number of aromatic nitrogens is 3. The largest absolute Gasteiger partial charge is 0.346 e. The summed E-state index contributed by atoms with van der Waals surface area (Å²) in [6.07, 6.45) is 0.714. The first kappa shape index (κ1) is 13.4. The van der Waals surface area contributed by atoms with Crippen LogP contribution in [0.1, 0.15) is 43.0 Å². The maximum atomic E-state index is 5.23. The summed E-state index contributed by atoms with van der Waals surface area (Å²) in [7, 11) is 0. The topological polar surface area (TPSA) is 41.6 Å². The molecule has 0 saturated heterocycles. The Morgan fingerprint density at radius 2 is 2.06 bits per heavy atom. The van der Waals surface area contributed by atoms with Crippen LogP contribution in [-0.2, 0) is 11.8 Å². The molecule has 2 aromatic heterocycles. The molecule has 1 N–H and O–H groups in total. The molecule has 0 atom stereocenters. The Bertz CT molecular complexity index is 605. The Balaban J connectivity index is 2.34. The summed E-state index contributed by atoms with van der Waals surface area (Å²) < 4.78 is 0.641. The van der Waals surface area contributed by atoms with Gasteiger partial charge in [-0.2, -0.15) is 0 Å². The van der Waals surface area contributed by atoms with Gasteiger partial charge in [0.1, 0.15) is 15.5 Å². The van der Waals surface area contributed by atoms with Crippen LogP contribution in [0.2, 0.25) is 0 Å². The van der Waals surface area contributed by atoms with Crippen molar-refractivity contribution in [1.82, 2.24) is 15.0 Å². The summed E-state index contributed by atoms with van der Waals surface area (Å²) in [4.78, 5) is 12.2. The molecule has 96 valence electrons. The monoisotopic (exact) mass is 279 g/mol. The first-order chi connectivity index (χ1) is 8.34. The Labute approximate surface area is 116 Å². The van der Waals surface area contributed by atoms with Gasteiger partial charge in [0.05, 0.1) is 6.42 Å². The molecule has 3 nitrogen and oxygen atoms in total. The molecule has 5 heteroatoms. The van der Waals surface area contributed by atoms with Crippen LogP contribution >= 0.6 is 23.6 Å². The minimum Gasteiger partial charge on any atom is -0.346 e. The number of nitrogens with zero attached hydrogens (tertiary/aromatic N) is 2. The van der Waals surface area contributed by atoms with Gasteiger partial charge in [-0.15, -0.1) is 11.3 Å². The number of thiazole rings is 1. The third-order valence-corrected chi connectivity index (χ3v) is 3.76. The van der Waals surface area contributed by atoms with E-state index in [9.17, 15) is 0 Å². The molecule has 0 unspecified atom stereocenters. The maximum absolute atomic E-state index is 5.23. The molecule has 0 fully saturated rings. The molecule has 0 spiro atoms. The molecule has 2 aromatic rings. The molecule has 18 heavy (non-hydrogen) atoms. The van der Waals surface area contributed by atoms with Crippen LogP contribution in [0, 0.1) is 11.6 Å². The molecule has 0 aromatic carbocycles. The summed E-state index contributed by atoms with van der Waals surface area (Å²) in [5.74, 6) is 0.891. The fraction of sp³-hybridized carbons (Fsp3) is 0.462. The predicted molar refractivity (Wildman–Crippen MR) is 77.8 cm³/mol. The second-order valence-electron chi connectivity index (χ2n) is 5.39. The van der Waals surface area contributed by atoms with E-state index in [0.29, 0.717) is 11.1 Å². The average molecular weight is 279 g/mol. The van der Waals surface area contributed by atoms with E-state index in [0.717, 1.165) is 22.2 Å². The van der Waals surface area contributed by atoms with Crippen LogP contribution in [0.3, 0.4) is 0 Å². The highest BCUT2D eigenvalue weighted by Crippen LogP contribution is 2.20. The fourth-order valence-corrected chi connectivity index (χ4v) is 2.63. The number of aryl methyl sites for hydroxylation is 1. The number of H-pyrrole nitrogens is 1. The molecule has 0 amide bonds. The molecule has 0 aliphatic heterocycles. The molecule has 2 rings (SSSR count). The van der Waals surface area contributed by atoms with E-state index in [1.54, 1.807) is 11.3 Å². The smallest absolute Gasteiger partial charge is 0.130 e. The van der Waals surface area contributed by atoms with Crippen LogP contribution < -0.4 is 0 Å². The first-order valence-electron chi connectivity index (χ1n) is 5.86. The quantitative estimate of drug-likeness (QED) is 0.850. The summed E-state index contributed by atoms with van der Waals surface area (Å²) in [5.41, 5.74) is 2.22. The Morgan fingerprint density at radius 3 is 2.61 bits per heavy atom. The number of hydrogen-bond donors (Lipinski definition) is 1. The lowest BCUT2D eigenvalue weighted by molar-refractivity contribution is 0.562. The van der Waals surface area contributed by atoms with Gasteiger partial charge in [-0.25, -0.2) is 9.97 Å². The lowest BCUT2D eigenvalue weighted by Gasteiger charge is -2.19. The summed E-state index contributed by atoms with van der Waals surface area (Å²) >= 11 is 6.89. The Kier molecular flexibility index (Phi) is 3.64. The van der Waals surface area contributed by atoms with Gasteiger partial charge in [-0.05, 0) is 13.0 Å². The molecular weight excluding hydrogens is 262 g/mol. The minimum atomic E-state index is 0.0457. The maximum Gasteiger partial charge on any atom is 0.130 e. The number of aromatic amines is 1. The van der Waals surface area contributed by atoms with Gasteiger partial charge < -0.3 is 4.98 Å². The summed E-state index contributed by atoms with van der Waals surface area (Å²) in [5, 5.41) is 3.12. The fourth-order valence-electron chi connectivity index (χ4n) is 1.62. The molecule has 0 aliphatic carbocycles. The normalized spacial score (nSPS) is 11.8. The van der Waals surface area contributed by atoms with E-state index in [2.05, 4.69) is 41.1 Å². The summed E-state index contributed by atoms with van der Waals surface area (Å²) in [6.45, 7) is 8.47. The van der Waals surface area contributed by atoms with Crippen LogP contribution in [0.4, 0.5) is 0 Å². The Hall–Kier alpha value is -1.07. The van der Waals surface area contributed by atoms with E-state index in [4.69, 9.17) is 12.2 Å². The number of nitrogens with one attached hydrogen (secondary N) is 1. The lowest BCUT2D eigenvalue weighted by atomic mass is 9.92. The average Bonchev–Trinajstić information content (AvgIpc) is 2.61. The van der Waals surface area contributed by atoms with Gasteiger partial charge in [0.15, 0.2) is 0 Å². The van der Waals surface area contributed by atoms with Gasteiger partial charge in [0.2, 0.25) is 0 Å². The Morgan fingerprint density at radius 1 is 1.33 bits per heavy atom. The number of hydrogen-bond acceptors (Lipinski definition) is 4. The van der Waals surface area contributed by atoms with Gasteiger partial charge in [0.25, 0.3) is 0 Å². The van der Waals surface area contributed by atoms with Crippen molar-refractivity contribution < 1.29 is 0 Å². The van der Waals surface area contributed by atoms with E-state index in [-0.39, 0.29) is 5.41 Å². The second kappa shape index (κ2) is 4.90. The van der Waals surface area contributed by atoms with Crippen LogP contribution in [0.15, 0.2) is 11.4 Å². The van der Waals surface area contributed by atoms with E-state index >= 15 is 0 Å². The van der Waals surface area contributed by atoms with Gasteiger partial charge >= 0.3 is 0 Å². The van der Waals surface area contributed by atoms with E-state index < -0.39 is 0 Å². The highest BCUT2D eigenvalue weighted by atomic mass is 32.1. The number of rotatable bonds is 2. The van der Waals surface area contributed by atoms with Gasteiger partial charge in [-0.3, -0.25) is 0 Å². The van der Waals surface area contributed by atoms with Crippen LogP contribution in [0.5, 0.6) is 0 Å². The van der Waals surface area contributed by atoms with Crippen molar-refractivity contribution in [3.05, 3.63) is 38.3 Å². The highest BCUT2D eigenvalue weighted by molar-refractivity contribution is 7.71. The van der Waals surface area contributed by atoms with Crippen LogP contribution in [0.25, 0.3) is 0 Å². The van der Waals surface area contributed by atoms with Crippen LogP contribution in [-0.4, -0.2) is 15.0 Å². The van der Waals surface area contributed by atoms with E-state index in [1.807, 2.05) is 13.0 Å². The van der Waals surface area contributed by atoms with Crippen molar-refractivity contribution in [2.45, 2.75) is 39.5 Å². The van der Waals surface area contributed by atoms with Gasteiger partial charge in [-0.1, -0.05) is 33.0 Å². The highest BCUT2D eigenvalue weighted by Gasteiger charge is 2.15. The zero-order valence-electron chi connectivity index (χ0n) is 11.1. The van der Waals surface area contributed by atoms with Crippen molar-refractivity contribution in [1.29, 1.82) is 0 Å². The van der Waals surface area contributed by atoms with Crippen molar-refractivity contribution in [3.63, 3.8) is 0 Å². The predicted octanol–water partition coefficient (Wildman–Crippen LogP) is 3.79. The minimum absolute atomic E-state index is 0.0457. The van der Waals surface area contributed by atoms with Crippen molar-refractivity contribution >= 4 is 23.6 Å². The van der Waals surface area contributed by atoms with Crippen molar-refractivity contribution in [3.8, 4) is 0 Å². The zero-order valence-corrected chi connectivity index (χ0v) is 12.7. The molecular formula is C13H17N3S2.